The van der Waals surface area contributed by atoms with E-state index in [4.69, 9.17) is 14.2 Å². The maximum atomic E-state index is 12.8. The van der Waals surface area contributed by atoms with Crippen LogP contribution in [-0.4, -0.2) is 37.2 Å². The summed E-state index contributed by atoms with van der Waals surface area (Å²) in [5, 5.41) is 0. The number of carbonyl (C=O) groups is 3. The van der Waals surface area contributed by atoms with Crippen LogP contribution in [0, 0.1) is 0 Å². The smallest absolute Gasteiger partial charge is 0.306 e. The highest BCUT2D eigenvalue weighted by Gasteiger charge is 2.19. The average Bonchev–Trinajstić information content (AvgIpc) is 3.38. The third-order valence-electron chi connectivity index (χ3n) is 13.8. The summed E-state index contributed by atoms with van der Waals surface area (Å²) in [6, 6.07) is 0. The monoisotopic (exact) mass is 1010 g/mol. The lowest BCUT2D eigenvalue weighted by molar-refractivity contribution is -0.167. The van der Waals surface area contributed by atoms with Crippen LogP contribution in [0.15, 0.2) is 60.8 Å². The van der Waals surface area contributed by atoms with Gasteiger partial charge in [0.15, 0.2) is 6.10 Å². The van der Waals surface area contributed by atoms with Crippen molar-refractivity contribution in [3.63, 3.8) is 0 Å². The minimum absolute atomic E-state index is 0.0722. The zero-order valence-corrected chi connectivity index (χ0v) is 47.9. The Morgan fingerprint density at radius 1 is 0.292 bits per heavy atom. The molecule has 0 bridgehead atoms. The molecule has 0 heterocycles. The van der Waals surface area contributed by atoms with Crippen molar-refractivity contribution in [3.8, 4) is 0 Å². The van der Waals surface area contributed by atoms with E-state index in [-0.39, 0.29) is 31.1 Å². The summed E-state index contributed by atoms with van der Waals surface area (Å²) < 4.78 is 16.9. The molecule has 0 saturated carbocycles. The van der Waals surface area contributed by atoms with Gasteiger partial charge in [0.2, 0.25) is 0 Å². The number of ether oxygens (including phenoxy) is 3. The van der Waals surface area contributed by atoms with E-state index in [1.165, 1.54) is 193 Å². The van der Waals surface area contributed by atoms with Crippen molar-refractivity contribution in [3.05, 3.63) is 60.8 Å². The topological polar surface area (TPSA) is 78.9 Å². The normalized spacial score (nSPS) is 12.4. The Kier molecular flexibility index (Phi) is 58.2. The van der Waals surface area contributed by atoms with Crippen molar-refractivity contribution in [2.45, 2.75) is 329 Å². The van der Waals surface area contributed by atoms with Gasteiger partial charge in [-0.1, -0.05) is 287 Å². The minimum atomic E-state index is -0.773. The predicted molar refractivity (Wildman–Crippen MR) is 312 cm³/mol. The van der Waals surface area contributed by atoms with E-state index in [1.54, 1.807) is 0 Å². The van der Waals surface area contributed by atoms with Crippen LogP contribution in [0.4, 0.5) is 0 Å². The van der Waals surface area contributed by atoms with Gasteiger partial charge in [0.1, 0.15) is 13.2 Å². The van der Waals surface area contributed by atoms with Gasteiger partial charge in [-0.3, -0.25) is 14.4 Å². The number of unbranched alkanes of at least 4 members (excludes halogenated alkanes) is 36. The largest absolute Gasteiger partial charge is 0.462 e. The predicted octanol–water partition coefficient (Wildman–Crippen LogP) is 21.2. The van der Waals surface area contributed by atoms with Gasteiger partial charge in [0.05, 0.1) is 0 Å². The van der Waals surface area contributed by atoms with Crippen LogP contribution in [0.25, 0.3) is 0 Å². The Morgan fingerprint density at radius 2 is 0.556 bits per heavy atom. The zero-order valence-electron chi connectivity index (χ0n) is 47.9. The number of carbonyl (C=O) groups excluding carboxylic acids is 3. The first-order valence-electron chi connectivity index (χ1n) is 31.3. The Morgan fingerprint density at radius 3 is 0.903 bits per heavy atom. The SMILES string of the molecule is CC/C=C\C/C=C\C/C=C\C/C=C\CCCCCCCCCCCCCCCCCCC(=O)OCC(COC(=O)CCCCCCC/C=C\CCCC)OC(=O)CCCCCCCCCCCCCCCC. The average molecular weight is 1010 g/mol. The van der Waals surface area contributed by atoms with Crippen LogP contribution >= 0.6 is 0 Å². The Labute approximate surface area is 447 Å². The molecule has 0 saturated heterocycles. The highest BCUT2D eigenvalue weighted by atomic mass is 16.6. The van der Waals surface area contributed by atoms with Gasteiger partial charge in [0.25, 0.3) is 0 Å². The number of rotatable bonds is 57. The molecule has 1 unspecified atom stereocenters. The van der Waals surface area contributed by atoms with E-state index in [0.717, 1.165) is 89.9 Å². The van der Waals surface area contributed by atoms with Crippen LogP contribution in [-0.2, 0) is 28.6 Å². The second-order valence-corrected chi connectivity index (χ2v) is 20.9. The van der Waals surface area contributed by atoms with Crippen molar-refractivity contribution in [1.29, 1.82) is 0 Å². The zero-order chi connectivity index (χ0) is 52.2. The first-order chi connectivity index (χ1) is 35.5. The number of allylic oxidation sites excluding steroid dienone is 10. The molecule has 0 amide bonds. The molecule has 72 heavy (non-hydrogen) atoms. The molecule has 0 rings (SSSR count). The molecule has 0 fully saturated rings. The fourth-order valence-corrected chi connectivity index (χ4v) is 9.06. The molecule has 0 radical (unpaired) electrons. The van der Waals surface area contributed by atoms with Gasteiger partial charge in [-0.05, 0) is 77.0 Å². The molecule has 418 valence electrons. The molecule has 1 atom stereocenters. The Bertz CT molecular complexity index is 1290. The van der Waals surface area contributed by atoms with Gasteiger partial charge in [-0.15, -0.1) is 0 Å². The van der Waals surface area contributed by atoms with Crippen LogP contribution in [0.2, 0.25) is 0 Å². The van der Waals surface area contributed by atoms with Crippen LogP contribution in [0.1, 0.15) is 323 Å². The molecule has 0 aromatic rings. The summed E-state index contributed by atoms with van der Waals surface area (Å²) in [5.41, 5.74) is 0. The highest BCUT2D eigenvalue weighted by molar-refractivity contribution is 5.71. The van der Waals surface area contributed by atoms with Gasteiger partial charge in [0, 0.05) is 19.3 Å². The molecule has 0 aromatic carbocycles. The maximum Gasteiger partial charge on any atom is 0.306 e. The van der Waals surface area contributed by atoms with E-state index < -0.39 is 6.10 Å². The van der Waals surface area contributed by atoms with E-state index in [9.17, 15) is 14.4 Å². The quantitative estimate of drug-likeness (QED) is 0.0261. The fourth-order valence-electron chi connectivity index (χ4n) is 9.06. The van der Waals surface area contributed by atoms with Crippen LogP contribution < -0.4 is 0 Å². The number of hydrogen-bond acceptors (Lipinski definition) is 6. The van der Waals surface area contributed by atoms with Crippen molar-refractivity contribution in [2.75, 3.05) is 13.2 Å². The molecule has 0 N–H and O–H groups in total. The van der Waals surface area contributed by atoms with E-state index in [1.807, 2.05) is 0 Å². The van der Waals surface area contributed by atoms with Crippen LogP contribution in [0.3, 0.4) is 0 Å². The second-order valence-electron chi connectivity index (χ2n) is 20.9. The number of hydrogen-bond donors (Lipinski definition) is 0. The molecule has 0 aliphatic rings. The summed E-state index contributed by atoms with van der Waals surface area (Å²) in [5.74, 6) is -0.866. The molecule has 0 aliphatic carbocycles. The summed E-state index contributed by atoms with van der Waals surface area (Å²) >= 11 is 0. The molecule has 0 spiro atoms. The molecular weight excluding hydrogens is 889 g/mol. The maximum absolute atomic E-state index is 12.8. The lowest BCUT2D eigenvalue weighted by atomic mass is 10.0. The summed E-state index contributed by atoms with van der Waals surface area (Å²) in [4.78, 5) is 38.1. The molecule has 0 aliphatic heterocycles. The summed E-state index contributed by atoms with van der Waals surface area (Å²) in [6.07, 6.45) is 76.7. The minimum Gasteiger partial charge on any atom is -0.462 e. The first-order valence-corrected chi connectivity index (χ1v) is 31.3. The Balaban J connectivity index is 4.14. The summed E-state index contributed by atoms with van der Waals surface area (Å²) in [7, 11) is 0. The van der Waals surface area contributed by atoms with E-state index in [0.29, 0.717) is 19.3 Å². The highest BCUT2D eigenvalue weighted by Crippen LogP contribution is 2.17. The standard InChI is InChI=1S/C66H118O6/c1-4-7-10-13-16-19-22-24-26-27-28-29-30-31-32-33-34-35-36-37-38-39-40-42-44-47-50-53-56-59-65(68)71-62-63(61-70-64(67)58-55-52-49-46-43-21-18-15-12-9-6-3)72-66(69)60-57-54-51-48-45-41-25-23-20-17-14-11-8-5-2/h7,10,15-16,18-19,24,26,28-29,63H,4-6,8-9,11-14,17,20-23,25,27,30-62H2,1-3H3/b10-7-,18-15-,19-16-,26-24-,29-28-. The lowest BCUT2D eigenvalue weighted by Crippen LogP contribution is -2.30. The van der Waals surface area contributed by atoms with Crippen molar-refractivity contribution >= 4 is 17.9 Å². The second kappa shape index (κ2) is 60.7. The molecular formula is C66H118O6. The lowest BCUT2D eigenvalue weighted by Gasteiger charge is -2.18. The summed E-state index contributed by atoms with van der Waals surface area (Å²) in [6.45, 7) is 6.52. The van der Waals surface area contributed by atoms with E-state index >= 15 is 0 Å². The third kappa shape index (κ3) is 58.0. The van der Waals surface area contributed by atoms with E-state index in [2.05, 4.69) is 81.5 Å². The third-order valence-corrected chi connectivity index (χ3v) is 13.8. The Hall–Kier alpha value is -2.89. The molecule has 6 nitrogen and oxygen atoms in total. The van der Waals surface area contributed by atoms with Crippen molar-refractivity contribution in [1.82, 2.24) is 0 Å². The van der Waals surface area contributed by atoms with Crippen molar-refractivity contribution in [2.24, 2.45) is 0 Å². The van der Waals surface area contributed by atoms with Gasteiger partial charge >= 0.3 is 17.9 Å². The van der Waals surface area contributed by atoms with Gasteiger partial charge in [-0.2, -0.15) is 0 Å². The molecule has 6 heteroatoms. The molecule has 0 aromatic heterocycles. The fraction of sp³-hybridized carbons (Fsp3) is 0.803. The first kappa shape index (κ1) is 69.1. The number of esters is 3. The van der Waals surface area contributed by atoms with Crippen LogP contribution in [0.5, 0.6) is 0 Å². The van der Waals surface area contributed by atoms with Crippen molar-refractivity contribution < 1.29 is 28.6 Å². The van der Waals surface area contributed by atoms with Gasteiger partial charge < -0.3 is 14.2 Å². The van der Waals surface area contributed by atoms with Gasteiger partial charge in [-0.25, -0.2) is 0 Å².